The van der Waals surface area contributed by atoms with Gasteiger partial charge in [0.2, 0.25) is 17.8 Å². The van der Waals surface area contributed by atoms with E-state index >= 15 is 0 Å². The maximum absolute atomic E-state index is 12.9. The molecule has 1 aromatic heterocycles. The van der Waals surface area contributed by atoms with Gasteiger partial charge in [-0.2, -0.15) is 0 Å². The number of carbonyl (C=O) groups excluding carboxylic acids is 2. The van der Waals surface area contributed by atoms with Gasteiger partial charge in [-0.3, -0.25) is 19.5 Å². The van der Waals surface area contributed by atoms with Crippen LogP contribution in [-0.2, 0) is 14.3 Å². The molecule has 0 aliphatic heterocycles. The van der Waals surface area contributed by atoms with Crippen molar-refractivity contribution in [1.82, 2.24) is 14.5 Å². The first kappa shape index (κ1) is 21.8. The molecule has 1 heterocycles. The number of benzene rings is 2. The number of nitrogens with one attached hydrogen (secondary N) is 1. The molecular weight excluding hydrogens is 404 g/mol. The lowest BCUT2D eigenvalue weighted by Crippen LogP contribution is -2.41. The Morgan fingerprint density at radius 2 is 1.94 bits per heavy atom. The Labute approximate surface area is 188 Å². The van der Waals surface area contributed by atoms with Crippen LogP contribution >= 0.6 is 0 Å². The molecule has 0 spiro atoms. The molecule has 0 saturated heterocycles. The zero-order chi connectivity index (χ0) is 22.5. The molecule has 32 heavy (non-hydrogen) atoms. The number of ether oxygens (including phenoxy) is 1. The zero-order valence-electron chi connectivity index (χ0n) is 18.5. The number of anilines is 1. The highest BCUT2D eigenvalue weighted by Crippen LogP contribution is 2.31. The lowest BCUT2D eigenvalue weighted by atomic mass is 10.2. The quantitative estimate of drug-likeness (QED) is 0.560. The number of aryl methyl sites for hydroxylation is 1. The molecule has 0 atom stereocenters. The van der Waals surface area contributed by atoms with Gasteiger partial charge in [0.25, 0.3) is 0 Å². The monoisotopic (exact) mass is 432 g/mol. The van der Waals surface area contributed by atoms with Crippen molar-refractivity contribution in [3.63, 3.8) is 0 Å². The largest absolute Gasteiger partial charge is 0.383 e. The molecule has 7 heteroatoms. The molecular formula is C25H28N4O3. The van der Waals surface area contributed by atoms with Gasteiger partial charge in [-0.1, -0.05) is 42.5 Å². The van der Waals surface area contributed by atoms with Crippen molar-refractivity contribution in [3.05, 3.63) is 66.4 Å². The van der Waals surface area contributed by atoms with Crippen molar-refractivity contribution in [2.45, 2.75) is 19.8 Å². The maximum Gasteiger partial charge on any atom is 0.246 e. The van der Waals surface area contributed by atoms with Gasteiger partial charge in [-0.05, 0) is 37.5 Å². The highest BCUT2D eigenvalue weighted by Gasteiger charge is 2.34. The Kier molecular flexibility index (Phi) is 6.66. The van der Waals surface area contributed by atoms with Gasteiger partial charge in [0.15, 0.2) is 0 Å². The molecule has 1 N–H and O–H groups in total. The normalized spacial score (nSPS) is 13.1. The van der Waals surface area contributed by atoms with Crippen LogP contribution < -0.4 is 5.32 Å². The van der Waals surface area contributed by atoms with Crippen LogP contribution in [0.15, 0.2) is 60.8 Å². The SMILES string of the molecule is COCCN(CC(=O)Nc1nc(-c2ccccc2)cn1-c1cccc(C)c1)C(=O)C1CC1. The van der Waals surface area contributed by atoms with Crippen LogP contribution in [0, 0.1) is 12.8 Å². The summed E-state index contributed by atoms with van der Waals surface area (Å²) in [6.45, 7) is 2.77. The third kappa shape index (κ3) is 5.23. The van der Waals surface area contributed by atoms with Crippen molar-refractivity contribution in [2.75, 3.05) is 32.1 Å². The fraction of sp³-hybridized carbons (Fsp3) is 0.320. The smallest absolute Gasteiger partial charge is 0.246 e. The third-order valence-corrected chi connectivity index (χ3v) is 5.44. The number of imidazole rings is 1. The van der Waals surface area contributed by atoms with Crippen LogP contribution in [0.4, 0.5) is 5.95 Å². The number of aromatic nitrogens is 2. The summed E-state index contributed by atoms with van der Waals surface area (Å²) in [4.78, 5) is 31.8. The van der Waals surface area contributed by atoms with E-state index in [1.807, 2.05) is 72.3 Å². The second kappa shape index (κ2) is 9.78. The molecule has 1 aliphatic rings. The van der Waals surface area contributed by atoms with Gasteiger partial charge in [-0.25, -0.2) is 4.98 Å². The van der Waals surface area contributed by atoms with Gasteiger partial charge >= 0.3 is 0 Å². The first-order valence-electron chi connectivity index (χ1n) is 10.8. The Bertz CT molecular complexity index is 1090. The van der Waals surface area contributed by atoms with Crippen molar-refractivity contribution in [3.8, 4) is 16.9 Å². The number of rotatable bonds is 9. The van der Waals surface area contributed by atoms with Crippen molar-refractivity contribution in [1.29, 1.82) is 0 Å². The molecule has 1 saturated carbocycles. The van der Waals surface area contributed by atoms with E-state index in [1.54, 1.807) is 12.0 Å². The Morgan fingerprint density at radius 1 is 1.16 bits per heavy atom. The van der Waals surface area contributed by atoms with Crippen LogP contribution in [-0.4, -0.2) is 53.1 Å². The Balaban J connectivity index is 1.59. The van der Waals surface area contributed by atoms with E-state index < -0.39 is 0 Å². The lowest BCUT2D eigenvalue weighted by Gasteiger charge is -2.21. The number of carbonyl (C=O) groups is 2. The van der Waals surface area contributed by atoms with E-state index in [2.05, 4.69) is 5.32 Å². The summed E-state index contributed by atoms with van der Waals surface area (Å²) in [5.41, 5.74) is 3.73. The van der Waals surface area contributed by atoms with Crippen molar-refractivity contribution in [2.24, 2.45) is 5.92 Å². The first-order valence-corrected chi connectivity index (χ1v) is 10.8. The molecule has 0 unspecified atom stereocenters. The standard InChI is InChI=1S/C25H28N4O3/c1-18-7-6-10-21(15-18)29-16-22(19-8-4-3-5-9-19)26-25(29)27-23(30)17-28(13-14-32-2)24(31)20-11-12-20/h3-10,15-16,20H,11-14,17H2,1-2H3,(H,26,27,30). The summed E-state index contributed by atoms with van der Waals surface area (Å²) in [5.74, 6) is 0.196. The minimum atomic E-state index is -0.283. The first-order chi connectivity index (χ1) is 15.5. The maximum atomic E-state index is 12.9. The summed E-state index contributed by atoms with van der Waals surface area (Å²) in [7, 11) is 1.59. The van der Waals surface area contributed by atoms with E-state index in [4.69, 9.17) is 9.72 Å². The minimum absolute atomic E-state index is 0.0178. The van der Waals surface area contributed by atoms with E-state index in [9.17, 15) is 9.59 Å². The average Bonchev–Trinajstić information content (AvgIpc) is 3.57. The van der Waals surface area contributed by atoms with E-state index in [-0.39, 0.29) is 24.3 Å². The average molecular weight is 433 g/mol. The van der Waals surface area contributed by atoms with Gasteiger partial charge in [0.05, 0.1) is 12.3 Å². The molecule has 1 fully saturated rings. The van der Waals surface area contributed by atoms with Crippen molar-refractivity contribution < 1.29 is 14.3 Å². The zero-order valence-corrected chi connectivity index (χ0v) is 18.5. The Hall–Kier alpha value is -3.45. The summed E-state index contributed by atoms with van der Waals surface area (Å²) in [5, 5.41) is 2.92. The molecule has 3 aromatic rings. The molecule has 0 bridgehead atoms. The molecule has 4 rings (SSSR count). The second-order valence-corrected chi connectivity index (χ2v) is 8.10. The van der Waals surface area contributed by atoms with Crippen LogP contribution in [0.5, 0.6) is 0 Å². The van der Waals surface area contributed by atoms with E-state index in [1.165, 1.54) is 0 Å². The minimum Gasteiger partial charge on any atom is -0.383 e. The molecule has 0 radical (unpaired) electrons. The highest BCUT2D eigenvalue weighted by atomic mass is 16.5. The van der Waals surface area contributed by atoms with Gasteiger partial charge in [0.1, 0.15) is 6.54 Å². The van der Waals surface area contributed by atoms with Crippen molar-refractivity contribution >= 4 is 17.8 Å². The predicted molar refractivity (Wildman–Crippen MR) is 124 cm³/mol. The molecule has 2 aromatic carbocycles. The Morgan fingerprint density at radius 3 is 2.62 bits per heavy atom. The molecule has 7 nitrogen and oxygen atoms in total. The second-order valence-electron chi connectivity index (χ2n) is 8.10. The topological polar surface area (TPSA) is 76.5 Å². The van der Waals surface area contributed by atoms with E-state index in [0.29, 0.717) is 19.1 Å². The van der Waals surface area contributed by atoms with Gasteiger partial charge in [0, 0.05) is 37.0 Å². The van der Waals surface area contributed by atoms with Gasteiger partial charge in [-0.15, -0.1) is 0 Å². The number of nitrogens with zero attached hydrogens (tertiary/aromatic N) is 3. The fourth-order valence-electron chi connectivity index (χ4n) is 3.59. The molecule has 2 amide bonds. The summed E-state index contributed by atoms with van der Waals surface area (Å²) in [6, 6.07) is 17.8. The lowest BCUT2D eigenvalue weighted by molar-refractivity contribution is -0.136. The van der Waals surface area contributed by atoms with Crippen LogP contribution in [0.25, 0.3) is 16.9 Å². The number of hydrogen-bond acceptors (Lipinski definition) is 4. The number of methoxy groups -OCH3 is 1. The van der Waals surface area contributed by atoms with Crippen LogP contribution in [0.3, 0.4) is 0 Å². The number of hydrogen-bond donors (Lipinski definition) is 1. The highest BCUT2D eigenvalue weighted by molar-refractivity contribution is 5.94. The predicted octanol–water partition coefficient (Wildman–Crippen LogP) is 3.67. The summed E-state index contributed by atoms with van der Waals surface area (Å²) >= 11 is 0. The molecule has 1 aliphatic carbocycles. The van der Waals surface area contributed by atoms with Gasteiger partial charge < -0.3 is 9.64 Å². The van der Waals surface area contributed by atoms with Crippen LogP contribution in [0.2, 0.25) is 0 Å². The van der Waals surface area contributed by atoms with Crippen LogP contribution in [0.1, 0.15) is 18.4 Å². The fourth-order valence-corrected chi connectivity index (χ4v) is 3.59. The van der Waals surface area contributed by atoms with E-state index in [0.717, 1.165) is 35.3 Å². The summed E-state index contributed by atoms with van der Waals surface area (Å²) < 4.78 is 6.99. The number of amides is 2. The third-order valence-electron chi connectivity index (χ3n) is 5.44. The molecule has 166 valence electrons. The summed E-state index contributed by atoms with van der Waals surface area (Å²) in [6.07, 6.45) is 3.70.